The van der Waals surface area contributed by atoms with E-state index in [1.54, 1.807) is 19.1 Å². The minimum Gasteiger partial charge on any atom is -0.467 e. The molecule has 0 unspecified atom stereocenters. The summed E-state index contributed by atoms with van der Waals surface area (Å²) >= 11 is 0. The molecular weight excluding hydrogens is 377 g/mol. The molecule has 0 N–H and O–H groups in total. The molecule has 0 radical (unpaired) electrons. The van der Waals surface area contributed by atoms with Gasteiger partial charge in [0.2, 0.25) is 5.91 Å². The van der Waals surface area contributed by atoms with E-state index in [0.717, 1.165) is 10.5 Å². The largest absolute Gasteiger partial charge is 0.467 e. The van der Waals surface area contributed by atoms with Crippen LogP contribution in [0.3, 0.4) is 0 Å². The van der Waals surface area contributed by atoms with E-state index in [9.17, 15) is 27.6 Å². The number of imide groups is 1. The Balaban J connectivity index is 1.69. The monoisotopic (exact) mass is 394 g/mol. The van der Waals surface area contributed by atoms with Crippen LogP contribution in [0, 0.1) is 6.92 Å². The molecule has 0 bridgehead atoms. The van der Waals surface area contributed by atoms with Crippen LogP contribution in [0.15, 0.2) is 41.0 Å². The number of aryl methyl sites for hydroxylation is 1. The van der Waals surface area contributed by atoms with Gasteiger partial charge in [-0.25, -0.2) is 0 Å². The molecule has 1 aromatic carbocycles. The highest BCUT2D eigenvalue weighted by Gasteiger charge is 2.37. The molecule has 28 heavy (non-hydrogen) atoms. The van der Waals surface area contributed by atoms with Crippen LogP contribution in [0.4, 0.5) is 13.2 Å². The summed E-state index contributed by atoms with van der Waals surface area (Å²) in [5.41, 5.74) is 1.26. The minimum atomic E-state index is -4.59. The summed E-state index contributed by atoms with van der Waals surface area (Å²) in [7, 11) is 0. The average Bonchev–Trinajstić information content (AvgIpc) is 3.19. The molecule has 1 aliphatic rings. The van der Waals surface area contributed by atoms with Crippen molar-refractivity contribution in [2.24, 2.45) is 0 Å². The highest BCUT2D eigenvalue weighted by molar-refractivity contribution is 6.21. The van der Waals surface area contributed by atoms with E-state index in [2.05, 4.69) is 0 Å². The van der Waals surface area contributed by atoms with Crippen LogP contribution >= 0.6 is 0 Å². The zero-order valence-electron chi connectivity index (χ0n) is 15.0. The first-order valence-electron chi connectivity index (χ1n) is 8.49. The van der Waals surface area contributed by atoms with E-state index >= 15 is 0 Å². The van der Waals surface area contributed by atoms with E-state index in [1.165, 1.54) is 24.5 Å². The molecule has 0 spiro atoms. The van der Waals surface area contributed by atoms with E-state index in [1.807, 2.05) is 0 Å². The number of hydrogen-bond donors (Lipinski definition) is 0. The van der Waals surface area contributed by atoms with Gasteiger partial charge >= 0.3 is 6.18 Å². The van der Waals surface area contributed by atoms with Crippen molar-refractivity contribution < 1.29 is 32.0 Å². The van der Waals surface area contributed by atoms with E-state index < -0.39 is 36.9 Å². The molecule has 1 aromatic heterocycles. The van der Waals surface area contributed by atoms with Crippen LogP contribution in [0.2, 0.25) is 0 Å². The van der Waals surface area contributed by atoms with Crippen LogP contribution in [0.1, 0.15) is 38.5 Å². The number of carbonyl (C=O) groups is 3. The summed E-state index contributed by atoms with van der Waals surface area (Å²) in [6.07, 6.45) is -3.71. The zero-order chi connectivity index (χ0) is 20.5. The molecule has 148 valence electrons. The highest BCUT2D eigenvalue weighted by Crippen LogP contribution is 2.24. The summed E-state index contributed by atoms with van der Waals surface area (Å²) in [6.45, 7) is -0.328. The highest BCUT2D eigenvalue weighted by atomic mass is 19.4. The molecule has 0 atom stereocenters. The molecule has 0 saturated carbocycles. The lowest BCUT2D eigenvalue weighted by Crippen LogP contribution is -2.40. The maximum atomic E-state index is 12.8. The first-order valence-corrected chi connectivity index (χ1v) is 8.49. The molecule has 0 aliphatic carbocycles. The number of hydrogen-bond acceptors (Lipinski definition) is 4. The molecule has 6 nitrogen and oxygen atoms in total. The fraction of sp³-hybridized carbons (Fsp3) is 0.316. The maximum absolute atomic E-state index is 12.8. The standard InChI is InChI=1S/C19H17F3N2O4/c1-12-4-5-14-15(9-12)18(27)24(17(14)26)7-6-16(25)23(11-19(20,21)22)10-13-3-2-8-28-13/h2-5,8-9H,6-7,10-11H2,1H3. The predicted molar refractivity (Wildman–Crippen MR) is 91.3 cm³/mol. The van der Waals surface area contributed by atoms with Gasteiger partial charge in [-0.3, -0.25) is 19.3 Å². The fourth-order valence-electron chi connectivity index (χ4n) is 3.01. The third-order valence-corrected chi connectivity index (χ3v) is 4.33. The molecule has 9 heteroatoms. The second-order valence-corrected chi connectivity index (χ2v) is 6.51. The van der Waals surface area contributed by atoms with Gasteiger partial charge in [-0.05, 0) is 31.2 Å². The molecule has 2 heterocycles. The van der Waals surface area contributed by atoms with Gasteiger partial charge in [0.15, 0.2) is 0 Å². The van der Waals surface area contributed by atoms with Gasteiger partial charge in [-0.15, -0.1) is 0 Å². The van der Waals surface area contributed by atoms with Crippen molar-refractivity contribution in [3.8, 4) is 0 Å². The van der Waals surface area contributed by atoms with Crippen LogP contribution in [0.5, 0.6) is 0 Å². The molecule has 2 aromatic rings. The van der Waals surface area contributed by atoms with Crippen molar-refractivity contribution in [1.29, 1.82) is 0 Å². The number of amides is 3. The fourth-order valence-corrected chi connectivity index (χ4v) is 3.01. The Morgan fingerprint density at radius 3 is 2.50 bits per heavy atom. The summed E-state index contributed by atoms with van der Waals surface area (Å²) in [6, 6.07) is 7.76. The molecular formula is C19H17F3N2O4. The lowest BCUT2D eigenvalue weighted by atomic mass is 10.1. The van der Waals surface area contributed by atoms with Crippen LogP contribution in [-0.2, 0) is 11.3 Å². The zero-order valence-corrected chi connectivity index (χ0v) is 15.0. The first kappa shape index (κ1) is 19.7. The number of carbonyl (C=O) groups excluding carboxylic acids is 3. The molecule has 3 amide bonds. The van der Waals surface area contributed by atoms with Crippen LogP contribution in [0.25, 0.3) is 0 Å². The van der Waals surface area contributed by atoms with Crippen molar-refractivity contribution in [1.82, 2.24) is 9.80 Å². The predicted octanol–water partition coefficient (Wildman–Crippen LogP) is 3.17. The molecule has 0 saturated heterocycles. The number of alkyl halides is 3. The van der Waals surface area contributed by atoms with Gasteiger partial charge < -0.3 is 9.32 Å². The molecule has 1 aliphatic heterocycles. The van der Waals surface area contributed by atoms with Crippen molar-refractivity contribution in [2.75, 3.05) is 13.1 Å². The Morgan fingerprint density at radius 2 is 1.86 bits per heavy atom. The molecule has 3 rings (SSSR count). The topological polar surface area (TPSA) is 70.8 Å². The number of fused-ring (bicyclic) bond motifs is 1. The van der Waals surface area contributed by atoms with E-state index in [4.69, 9.17) is 4.42 Å². The van der Waals surface area contributed by atoms with Crippen molar-refractivity contribution in [2.45, 2.75) is 26.1 Å². The number of furan rings is 1. The lowest BCUT2D eigenvalue weighted by Gasteiger charge is -2.24. The maximum Gasteiger partial charge on any atom is 0.406 e. The Hall–Kier alpha value is -3.10. The quantitative estimate of drug-likeness (QED) is 0.706. The van der Waals surface area contributed by atoms with Crippen molar-refractivity contribution in [3.05, 3.63) is 59.0 Å². The normalized spacial score (nSPS) is 13.8. The first-order chi connectivity index (χ1) is 13.2. The van der Waals surface area contributed by atoms with E-state index in [-0.39, 0.29) is 30.0 Å². The van der Waals surface area contributed by atoms with Crippen molar-refractivity contribution in [3.63, 3.8) is 0 Å². The summed E-state index contributed by atoms with van der Waals surface area (Å²) < 4.78 is 43.5. The number of rotatable bonds is 6. The minimum absolute atomic E-state index is 0.203. The SMILES string of the molecule is Cc1ccc2c(c1)C(=O)N(CCC(=O)N(Cc1ccco1)CC(F)(F)F)C2=O. The van der Waals surface area contributed by atoms with Gasteiger partial charge in [0, 0.05) is 13.0 Å². The van der Waals surface area contributed by atoms with Gasteiger partial charge in [-0.1, -0.05) is 11.6 Å². The number of nitrogens with zero attached hydrogens (tertiary/aromatic N) is 2. The summed E-state index contributed by atoms with van der Waals surface area (Å²) in [5.74, 6) is -1.73. The number of benzene rings is 1. The van der Waals surface area contributed by atoms with Crippen molar-refractivity contribution >= 4 is 17.7 Å². The van der Waals surface area contributed by atoms with Crippen LogP contribution in [-0.4, -0.2) is 46.8 Å². The Morgan fingerprint density at radius 1 is 1.14 bits per heavy atom. The second kappa shape index (κ2) is 7.49. The van der Waals surface area contributed by atoms with Gasteiger partial charge in [-0.2, -0.15) is 13.2 Å². The Bertz CT molecular complexity index is 906. The Labute approximate surface area is 158 Å². The summed E-state index contributed by atoms with van der Waals surface area (Å²) in [5, 5.41) is 0. The second-order valence-electron chi connectivity index (χ2n) is 6.51. The van der Waals surface area contributed by atoms with Crippen LogP contribution < -0.4 is 0 Å². The third-order valence-electron chi connectivity index (χ3n) is 4.33. The smallest absolute Gasteiger partial charge is 0.406 e. The number of halogens is 3. The molecule has 0 fully saturated rings. The average molecular weight is 394 g/mol. The third kappa shape index (κ3) is 4.24. The summed E-state index contributed by atoms with van der Waals surface area (Å²) in [4.78, 5) is 38.7. The van der Waals surface area contributed by atoms with Gasteiger partial charge in [0.05, 0.1) is 23.9 Å². The van der Waals surface area contributed by atoms with E-state index in [0.29, 0.717) is 4.90 Å². The lowest BCUT2D eigenvalue weighted by molar-refractivity contribution is -0.162. The van der Waals surface area contributed by atoms with Gasteiger partial charge in [0.1, 0.15) is 12.3 Å². The van der Waals surface area contributed by atoms with Gasteiger partial charge in [0.25, 0.3) is 11.8 Å². The Kier molecular flexibility index (Phi) is 5.26.